The summed E-state index contributed by atoms with van der Waals surface area (Å²) in [5.74, 6) is 1.30. The van der Waals surface area contributed by atoms with E-state index in [1.165, 1.54) is 6.33 Å². The second kappa shape index (κ2) is 3.85. The molecule has 3 heterocycles. The molecule has 0 spiro atoms. The number of nitrogens with two attached hydrogens (primary N) is 1. The summed E-state index contributed by atoms with van der Waals surface area (Å²) in [6, 6.07) is 0. The summed E-state index contributed by atoms with van der Waals surface area (Å²) in [7, 11) is 2.21. The average Bonchev–Trinajstić information content (AvgIpc) is 2.75. The number of nitrogen functional groups attached to an aromatic ring is 1. The van der Waals surface area contributed by atoms with E-state index in [2.05, 4.69) is 31.9 Å². The molecule has 0 amide bonds. The summed E-state index contributed by atoms with van der Waals surface area (Å²) in [5, 5.41) is 0. The van der Waals surface area contributed by atoms with Crippen molar-refractivity contribution in [3.63, 3.8) is 0 Å². The van der Waals surface area contributed by atoms with Crippen LogP contribution in [0.3, 0.4) is 0 Å². The zero-order chi connectivity index (χ0) is 11.8. The zero-order valence-corrected chi connectivity index (χ0v) is 9.77. The van der Waals surface area contributed by atoms with Gasteiger partial charge in [-0.05, 0) is 0 Å². The lowest BCUT2D eigenvalue weighted by atomic mass is 10.3. The Bertz CT molecular complexity index is 526. The molecule has 0 radical (unpaired) electrons. The van der Waals surface area contributed by atoms with Gasteiger partial charge in [0, 0.05) is 0 Å². The highest BCUT2D eigenvalue weighted by Crippen LogP contribution is 2.18. The Hall–Kier alpha value is -1.89. The van der Waals surface area contributed by atoms with Gasteiger partial charge in [-0.15, -0.1) is 0 Å². The third-order valence-electron chi connectivity index (χ3n) is 3.22. The number of nitrogens with one attached hydrogen (secondary N) is 2. The van der Waals surface area contributed by atoms with Gasteiger partial charge in [-0.3, -0.25) is 0 Å². The number of hydrogen-bond acceptors (Lipinski definition) is 5. The van der Waals surface area contributed by atoms with E-state index >= 15 is 0 Å². The zero-order valence-electron chi connectivity index (χ0n) is 9.77. The van der Waals surface area contributed by atoms with Crippen LogP contribution in [-0.2, 0) is 0 Å². The van der Waals surface area contributed by atoms with Crippen molar-refractivity contribution in [1.29, 1.82) is 0 Å². The third kappa shape index (κ3) is 1.78. The Morgan fingerprint density at radius 2 is 2.12 bits per heavy atom. The highest BCUT2D eigenvalue weighted by Gasteiger charge is 2.20. The maximum Gasteiger partial charge on any atom is 0.205 e. The highest BCUT2D eigenvalue weighted by molar-refractivity contribution is 5.83. The van der Waals surface area contributed by atoms with Crippen LogP contribution in [0.15, 0.2) is 6.33 Å². The van der Waals surface area contributed by atoms with Crippen molar-refractivity contribution >= 4 is 22.9 Å². The van der Waals surface area contributed by atoms with Crippen molar-refractivity contribution in [3.05, 3.63) is 6.33 Å². The van der Waals surface area contributed by atoms with Crippen molar-refractivity contribution in [2.24, 2.45) is 0 Å². The number of fused-ring (bicyclic) bond motifs is 1. The van der Waals surface area contributed by atoms with Crippen LogP contribution < -0.4 is 15.5 Å². The number of H-pyrrole nitrogens is 1. The normalized spacial score (nSPS) is 17.8. The van der Waals surface area contributed by atoms with Crippen molar-refractivity contribution in [2.45, 2.75) is 0 Å². The largest absolute Gasteiger partial charge is 0.382 e. The van der Waals surface area contributed by atoms with Gasteiger partial charge in [-0.2, -0.15) is 4.98 Å². The lowest BCUT2D eigenvalue weighted by Crippen LogP contribution is -3.12. The minimum absolute atomic E-state index is 0.452. The van der Waals surface area contributed by atoms with Crippen molar-refractivity contribution in [2.75, 3.05) is 43.9 Å². The molecule has 7 nitrogen and oxygen atoms in total. The number of likely N-dealkylation sites (N-methyl/N-ethyl adjacent to an activating group) is 1. The molecular weight excluding hydrogens is 218 g/mol. The van der Waals surface area contributed by atoms with Gasteiger partial charge in [0.2, 0.25) is 5.95 Å². The van der Waals surface area contributed by atoms with Crippen molar-refractivity contribution in [1.82, 2.24) is 19.9 Å². The molecule has 90 valence electrons. The van der Waals surface area contributed by atoms with E-state index in [0.29, 0.717) is 11.5 Å². The third-order valence-corrected chi connectivity index (χ3v) is 3.22. The average molecular weight is 234 g/mol. The second-order valence-corrected chi connectivity index (χ2v) is 4.46. The molecule has 1 fully saturated rings. The predicted octanol–water partition coefficient (Wildman–Crippen LogP) is -1.73. The quantitative estimate of drug-likeness (QED) is 0.546. The number of rotatable bonds is 1. The van der Waals surface area contributed by atoms with Gasteiger partial charge >= 0.3 is 0 Å². The molecule has 1 aliphatic rings. The minimum Gasteiger partial charge on any atom is -0.382 e. The highest BCUT2D eigenvalue weighted by atomic mass is 15.3. The van der Waals surface area contributed by atoms with E-state index in [1.807, 2.05) is 0 Å². The molecule has 7 heteroatoms. The van der Waals surface area contributed by atoms with Crippen LogP contribution in [0.5, 0.6) is 0 Å². The van der Waals surface area contributed by atoms with Gasteiger partial charge in [0.05, 0.1) is 33.2 Å². The first-order valence-corrected chi connectivity index (χ1v) is 5.76. The monoisotopic (exact) mass is 234 g/mol. The molecule has 1 aliphatic heterocycles. The van der Waals surface area contributed by atoms with E-state index < -0.39 is 0 Å². The summed E-state index contributed by atoms with van der Waals surface area (Å²) in [4.78, 5) is 19.5. The summed E-state index contributed by atoms with van der Waals surface area (Å²) in [6.45, 7) is 4.24. The van der Waals surface area contributed by atoms with E-state index in [9.17, 15) is 0 Å². The minimum atomic E-state index is 0.452. The first-order valence-electron chi connectivity index (χ1n) is 5.76. The Labute approximate surface area is 98.7 Å². The van der Waals surface area contributed by atoms with Gasteiger partial charge < -0.3 is 20.5 Å². The van der Waals surface area contributed by atoms with Crippen LogP contribution in [0, 0.1) is 0 Å². The molecule has 0 bridgehead atoms. The molecule has 0 atom stereocenters. The van der Waals surface area contributed by atoms with Crippen LogP contribution in [0.1, 0.15) is 0 Å². The Morgan fingerprint density at radius 1 is 1.35 bits per heavy atom. The first-order chi connectivity index (χ1) is 8.24. The van der Waals surface area contributed by atoms with Gasteiger partial charge in [-0.25, -0.2) is 9.97 Å². The van der Waals surface area contributed by atoms with E-state index in [1.54, 1.807) is 4.90 Å². The summed E-state index contributed by atoms with van der Waals surface area (Å²) in [6.07, 6.45) is 1.44. The van der Waals surface area contributed by atoms with Crippen LogP contribution in [0.2, 0.25) is 0 Å². The van der Waals surface area contributed by atoms with Crippen molar-refractivity contribution in [3.8, 4) is 0 Å². The number of quaternary nitrogens is 1. The molecule has 1 saturated heterocycles. The number of aromatic amines is 1. The Balaban J connectivity index is 1.93. The first kappa shape index (κ1) is 10.3. The number of nitrogens with zero attached hydrogens (tertiary/aromatic N) is 4. The van der Waals surface area contributed by atoms with Gasteiger partial charge in [0.25, 0.3) is 0 Å². The molecule has 0 unspecified atom stereocenters. The molecule has 3 rings (SSSR count). The molecule has 4 N–H and O–H groups in total. The smallest absolute Gasteiger partial charge is 0.205 e. The fourth-order valence-electron chi connectivity index (χ4n) is 2.08. The molecule has 0 saturated carbocycles. The van der Waals surface area contributed by atoms with Gasteiger partial charge in [-0.1, -0.05) is 0 Å². The molecule has 2 aromatic rings. The van der Waals surface area contributed by atoms with Gasteiger partial charge in [0.1, 0.15) is 11.8 Å². The fourth-order valence-corrected chi connectivity index (χ4v) is 2.08. The fraction of sp³-hybridized carbons (Fsp3) is 0.500. The lowest BCUT2D eigenvalue weighted by Gasteiger charge is -2.29. The van der Waals surface area contributed by atoms with Crippen LogP contribution >= 0.6 is 0 Å². The van der Waals surface area contributed by atoms with Crippen molar-refractivity contribution < 1.29 is 4.90 Å². The maximum atomic E-state index is 5.78. The summed E-state index contributed by atoms with van der Waals surface area (Å²) < 4.78 is 0. The molecule has 0 aliphatic carbocycles. The second-order valence-electron chi connectivity index (χ2n) is 4.46. The maximum absolute atomic E-state index is 5.78. The standard InChI is InChI=1S/C10H15N7/c1-16-2-4-17(5-3-16)10-14-7-8(11)12-6-13-9(7)15-10/h6H,2-5H2,1H3,(H3,11,12,13,14,15)/p+1. The number of imidazole rings is 1. The van der Waals surface area contributed by atoms with E-state index in [0.717, 1.165) is 37.6 Å². The predicted molar refractivity (Wildman–Crippen MR) is 64.9 cm³/mol. The SMILES string of the molecule is C[NH+]1CCN(c2nc3ncnc(N)c3[nH]2)CC1. The lowest BCUT2D eigenvalue weighted by molar-refractivity contribution is -0.880. The van der Waals surface area contributed by atoms with Gasteiger partial charge in [0.15, 0.2) is 11.5 Å². The molecular formula is C10H16N7+. The molecule has 2 aromatic heterocycles. The molecule has 0 aromatic carbocycles. The summed E-state index contributed by atoms with van der Waals surface area (Å²) in [5.41, 5.74) is 7.14. The van der Waals surface area contributed by atoms with Crippen LogP contribution in [0.4, 0.5) is 11.8 Å². The Morgan fingerprint density at radius 3 is 2.82 bits per heavy atom. The molecule has 17 heavy (non-hydrogen) atoms. The number of hydrogen-bond donors (Lipinski definition) is 3. The summed E-state index contributed by atoms with van der Waals surface area (Å²) >= 11 is 0. The topological polar surface area (TPSA) is 88.2 Å². The van der Waals surface area contributed by atoms with Crippen LogP contribution in [-0.4, -0.2) is 53.2 Å². The number of anilines is 2. The van der Waals surface area contributed by atoms with E-state index in [-0.39, 0.29) is 0 Å². The van der Waals surface area contributed by atoms with E-state index in [4.69, 9.17) is 5.73 Å². The Kier molecular flexibility index (Phi) is 2.32. The van der Waals surface area contributed by atoms with Crippen LogP contribution in [0.25, 0.3) is 11.2 Å². The number of piperazine rings is 1. The number of aromatic nitrogens is 4.